The van der Waals surface area contributed by atoms with Crippen LogP contribution >= 0.6 is 0 Å². The Morgan fingerprint density at radius 2 is 2.04 bits per heavy atom. The van der Waals surface area contributed by atoms with Crippen molar-refractivity contribution in [2.45, 2.75) is 13.8 Å². The van der Waals surface area contributed by atoms with Gasteiger partial charge in [0.1, 0.15) is 11.5 Å². The fourth-order valence-corrected chi connectivity index (χ4v) is 2.21. The van der Waals surface area contributed by atoms with Crippen LogP contribution in [0.25, 0.3) is 0 Å². The van der Waals surface area contributed by atoms with E-state index in [4.69, 9.17) is 5.26 Å². The molecule has 1 heterocycles. The predicted octanol–water partition coefficient (Wildman–Crippen LogP) is 3.45. The number of nitro groups is 1. The van der Waals surface area contributed by atoms with E-state index in [0.717, 1.165) is 18.9 Å². The fourth-order valence-electron chi connectivity index (χ4n) is 2.21. The normalized spacial score (nSPS) is 9.96. The van der Waals surface area contributed by atoms with Crippen molar-refractivity contribution in [2.75, 3.05) is 23.3 Å². The van der Waals surface area contributed by atoms with Crippen molar-refractivity contribution in [3.05, 3.63) is 52.2 Å². The molecule has 0 spiro atoms. The van der Waals surface area contributed by atoms with Gasteiger partial charge >= 0.3 is 0 Å². The SMILES string of the molecule is CCN(CC)c1ccc(Nc2ccc(C#N)cc2[N+](=O)[O-])cn1. The van der Waals surface area contributed by atoms with Crippen LogP contribution in [0.1, 0.15) is 19.4 Å². The molecular weight excluding hydrogens is 294 g/mol. The van der Waals surface area contributed by atoms with Gasteiger partial charge in [0.15, 0.2) is 0 Å². The van der Waals surface area contributed by atoms with E-state index in [0.29, 0.717) is 11.4 Å². The van der Waals surface area contributed by atoms with Gasteiger partial charge in [0, 0.05) is 19.2 Å². The summed E-state index contributed by atoms with van der Waals surface area (Å²) in [6.45, 7) is 5.82. The Morgan fingerprint density at radius 3 is 2.57 bits per heavy atom. The summed E-state index contributed by atoms with van der Waals surface area (Å²) in [6, 6.07) is 9.89. The first kappa shape index (κ1) is 16.2. The first-order chi connectivity index (χ1) is 11.1. The lowest BCUT2D eigenvalue weighted by Gasteiger charge is -2.19. The second-order valence-corrected chi connectivity index (χ2v) is 4.80. The summed E-state index contributed by atoms with van der Waals surface area (Å²) in [6.07, 6.45) is 1.63. The summed E-state index contributed by atoms with van der Waals surface area (Å²) < 4.78 is 0. The Kier molecular flexibility index (Phi) is 5.10. The molecule has 2 aromatic rings. The molecule has 2 rings (SSSR count). The van der Waals surface area contributed by atoms with Crippen LogP contribution in [0.4, 0.5) is 22.9 Å². The maximum atomic E-state index is 11.1. The van der Waals surface area contributed by atoms with E-state index in [2.05, 4.69) is 29.0 Å². The number of hydrogen-bond acceptors (Lipinski definition) is 6. The molecule has 1 aromatic carbocycles. The van der Waals surface area contributed by atoms with Gasteiger partial charge in [0.2, 0.25) is 0 Å². The van der Waals surface area contributed by atoms with Crippen LogP contribution in [0.5, 0.6) is 0 Å². The van der Waals surface area contributed by atoms with E-state index in [9.17, 15) is 10.1 Å². The maximum absolute atomic E-state index is 11.1. The molecule has 0 saturated carbocycles. The quantitative estimate of drug-likeness (QED) is 0.648. The number of nitro benzene ring substituents is 1. The van der Waals surface area contributed by atoms with Crippen LogP contribution in [0, 0.1) is 21.4 Å². The Labute approximate surface area is 134 Å². The third-order valence-corrected chi connectivity index (χ3v) is 3.44. The molecule has 1 N–H and O–H groups in total. The van der Waals surface area contributed by atoms with E-state index < -0.39 is 4.92 Å². The molecule has 0 bridgehead atoms. The molecule has 0 saturated heterocycles. The van der Waals surface area contributed by atoms with E-state index >= 15 is 0 Å². The molecular formula is C16H17N5O2. The summed E-state index contributed by atoms with van der Waals surface area (Å²) in [4.78, 5) is 17.1. The Morgan fingerprint density at radius 1 is 1.30 bits per heavy atom. The fraction of sp³-hybridized carbons (Fsp3) is 0.250. The van der Waals surface area contributed by atoms with Crippen LogP contribution < -0.4 is 10.2 Å². The summed E-state index contributed by atoms with van der Waals surface area (Å²) in [7, 11) is 0. The molecule has 0 amide bonds. The molecule has 23 heavy (non-hydrogen) atoms. The summed E-state index contributed by atoms with van der Waals surface area (Å²) in [5.74, 6) is 0.856. The summed E-state index contributed by atoms with van der Waals surface area (Å²) in [5, 5.41) is 23.0. The molecule has 0 unspecified atom stereocenters. The molecule has 0 aliphatic heterocycles. The smallest absolute Gasteiger partial charge is 0.293 e. The van der Waals surface area contributed by atoms with Crippen LogP contribution in [-0.2, 0) is 0 Å². The first-order valence-electron chi connectivity index (χ1n) is 7.25. The van der Waals surface area contributed by atoms with Gasteiger partial charge in [-0.2, -0.15) is 5.26 Å². The average molecular weight is 311 g/mol. The number of hydrogen-bond donors (Lipinski definition) is 1. The molecule has 0 atom stereocenters. The molecule has 1 aromatic heterocycles. The minimum Gasteiger partial charge on any atom is -0.357 e. The van der Waals surface area contributed by atoms with Gasteiger partial charge in [-0.3, -0.25) is 10.1 Å². The Balaban J connectivity index is 2.26. The minimum atomic E-state index is -0.513. The average Bonchev–Trinajstić information content (AvgIpc) is 2.57. The zero-order valence-electron chi connectivity index (χ0n) is 13.0. The van der Waals surface area contributed by atoms with Gasteiger partial charge in [-0.1, -0.05) is 0 Å². The van der Waals surface area contributed by atoms with E-state index in [1.165, 1.54) is 18.2 Å². The number of anilines is 3. The topological polar surface area (TPSA) is 95.1 Å². The molecule has 118 valence electrons. The highest BCUT2D eigenvalue weighted by molar-refractivity contribution is 5.71. The van der Waals surface area contributed by atoms with E-state index in [-0.39, 0.29) is 11.3 Å². The number of aromatic nitrogens is 1. The number of nitrogens with zero attached hydrogens (tertiary/aromatic N) is 4. The van der Waals surface area contributed by atoms with Crippen molar-refractivity contribution in [1.82, 2.24) is 4.98 Å². The van der Waals surface area contributed by atoms with Crippen molar-refractivity contribution < 1.29 is 4.92 Å². The standard InChI is InChI=1S/C16H17N5O2/c1-3-20(4-2)16-8-6-13(11-18-16)19-14-7-5-12(10-17)9-15(14)21(22)23/h5-9,11,19H,3-4H2,1-2H3. The maximum Gasteiger partial charge on any atom is 0.293 e. The lowest BCUT2D eigenvalue weighted by Crippen LogP contribution is -2.22. The van der Waals surface area contributed by atoms with Gasteiger partial charge < -0.3 is 10.2 Å². The van der Waals surface area contributed by atoms with Crippen molar-refractivity contribution in [1.29, 1.82) is 5.26 Å². The highest BCUT2D eigenvalue weighted by Gasteiger charge is 2.15. The zero-order chi connectivity index (χ0) is 16.8. The van der Waals surface area contributed by atoms with Crippen LogP contribution in [0.2, 0.25) is 0 Å². The lowest BCUT2D eigenvalue weighted by molar-refractivity contribution is -0.383. The first-order valence-corrected chi connectivity index (χ1v) is 7.25. The zero-order valence-corrected chi connectivity index (χ0v) is 13.0. The second kappa shape index (κ2) is 7.22. The number of benzene rings is 1. The number of nitriles is 1. The minimum absolute atomic E-state index is 0.142. The van der Waals surface area contributed by atoms with Gasteiger partial charge in [-0.25, -0.2) is 4.98 Å². The van der Waals surface area contributed by atoms with Gasteiger partial charge in [0.05, 0.1) is 28.4 Å². The largest absolute Gasteiger partial charge is 0.357 e. The predicted molar refractivity (Wildman–Crippen MR) is 88.9 cm³/mol. The third-order valence-electron chi connectivity index (χ3n) is 3.44. The molecule has 0 aliphatic carbocycles. The van der Waals surface area contributed by atoms with Crippen LogP contribution in [-0.4, -0.2) is 23.0 Å². The second-order valence-electron chi connectivity index (χ2n) is 4.80. The van der Waals surface area contributed by atoms with Gasteiger partial charge in [0.25, 0.3) is 5.69 Å². The lowest BCUT2D eigenvalue weighted by atomic mass is 10.2. The summed E-state index contributed by atoms with van der Waals surface area (Å²) in [5.41, 5.74) is 1.08. The highest BCUT2D eigenvalue weighted by Crippen LogP contribution is 2.28. The molecule has 0 fully saturated rings. The molecule has 7 nitrogen and oxygen atoms in total. The third kappa shape index (κ3) is 3.74. The monoisotopic (exact) mass is 311 g/mol. The highest BCUT2D eigenvalue weighted by atomic mass is 16.6. The van der Waals surface area contributed by atoms with Crippen molar-refractivity contribution >= 4 is 22.9 Å². The van der Waals surface area contributed by atoms with Crippen LogP contribution in [0.3, 0.4) is 0 Å². The Bertz CT molecular complexity index is 733. The van der Waals surface area contributed by atoms with Gasteiger partial charge in [-0.05, 0) is 38.1 Å². The molecule has 0 radical (unpaired) electrons. The van der Waals surface area contributed by atoms with Crippen molar-refractivity contribution in [3.63, 3.8) is 0 Å². The number of pyridine rings is 1. The van der Waals surface area contributed by atoms with E-state index in [1.807, 2.05) is 18.2 Å². The van der Waals surface area contributed by atoms with Gasteiger partial charge in [-0.15, -0.1) is 0 Å². The number of rotatable bonds is 6. The molecule has 7 heteroatoms. The van der Waals surface area contributed by atoms with Crippen molar-refractivity contribution in [3.8, 4) is 6.07 Å². The molecule has 0 aliphatic rings. The Hall–Kier alpha value is -3.14. The van der Waals surface area contributed by atoms with E-state index in [1.54, 1.807) is 6.20 Å². The summed E-state index contributed by atoms with van der Waals surface area (Å²) >= 11 is 0. The number of nitrogens with one attached hydrogen (secondary N) is 1. The van der Waals surface area contributed by atoms with Crippen molar-refractivity contribution in [2.24, 2.45) is 0 Å². The van der Waals surface area contributed by atoms with Crippen LogP contribution in [0.15, 0.2) is 36.5 Å².